The van der Waals surface area contributed by atoms with E-state index in [9.17, 15) is 70.7 Å². The Labute approximate surface area is 185 Å². The van der Waals surface area contributed by atoms with E-state index >= 15 is 0 Å². The normalized spacial score (nSPS) is 18.1. The third-order valence-corrected chi connectivity index (χ3v) is 4.54. The standard InChI is InChI=1S/C16H14F15NO3/c1-2-35-9(33)7-8(32-3-5-34-6-4-32)10(17,18)11(19,20)12(21,22)13(23,24)14(25,26)15(27,28)16(29,30)31/h7H,2-6H2,1H3/b8-7-. The van der Waals surface area contributed by atoms with Gasteiger partial charge in [0, 0.05) is 19.2 Å². The van der Waals surface area contributed by atoms with Crippen LogP contribution in [0.25, 0.3) is 0 Å². The smallest absolute Gasteiger partial charge is 0.460 e. The van der Waals surface area contributed by atoms with E-state index in [4.69, 9.17) is 0 Å². The minimum atomic E-state index is -8.41. The van der Waals surface area contributed by atoms with Gasteiger partial charge >= 0.3 is 47.7 Å². The summed E-state index contributed by atoms with van der Waals surface area (Å²) in [5.41, 5.74) is -2.49. The molecule has 1 heterocycles. The van der Waals surface area contributed by atoms with E-state index in [1.807, 2.05) is 0 Å². The van der Waals surface area contributed by atoms with E-state index in [1.165, 1.54) is 0 Å². The Kier molecular flexibility index (Phi) is 8.33. The van der Waals surface area contributed by atoms with Crippen LogP contribution < -0.4 is 0 Å². The number of allylic oxidation sites excluding steroid dienone is 1. The summed E-state index contributed by atoms with van der Waals surface area (Å²) in [5.74, 6) is -49.5. The van der Waals surface area contributed by atoms with Crippen LogP contribution in [0.3, 0.4) is 0 Å². The summed E-state index contributed by atoms with van der Waals surface area (Å²) >= 11 is 0. The molecule has 0 aromatic carbocycles. The first-order chi connectivity index (χ1) is 15.4. The van der Waals surface area contributed by atoms with Crippen molar-refractivity contribution < 1.29 is 80.1 Å². The van der Waals surface area contributed by atoms with Crippen LogP contribution in [0.4, 0.5) is 65.9 Å². The molecule has 1 saturated heterocycles. The molecular weight excluding hydrogens is 539 g/mol. The van der Waals surface area contributed by atoms with Gasteiger partial charge in [0.2, 0.25) is 0 Å². The lowest BCUT2D eigenvalue weighted by atomic mass is 9.89. The van der Waals surface area contributed by atoms with E-state index in [0.717, 1.165) is 6.92 Å². The SMILES string of the molecule is CCOC(=O)/C=C(\N1CCOCC1)C(F)(F)C(F)(F)C(F)(F)C(F)(F)C(F)(F)C(F)(F)C(F)(F)F. The molecule has 0 aromatic heterocycles. The fourth-order valence-electron chi connectivity index (χ4n) is 2.61. The average Bonchev–Trinajstić information content (AvgIpc) is 2.71. The van der Waals surface area contributed by atoms with Crippen molar-refractivity contribution >= 4 is 5.97 Å². The summed E-state index contributed by atoms with van der Waals surface area (Å²) in [4.78, 5) is 11.5. The molecule has 0 aliphatic carbocycles. The highest BCUT2D eigenvalue weighted by atomic mass is 19.4. The zero-order chi connectivity index (χ0) is 27.9. The number of hydrogen-bond donors (Lipinski definition) is 0. The van der Waals surface area contributed by atoms with Crippen LogP contribution in [0.1, 0.15) is 6.92 Å². The lowest BCUT2D eigenvalue weighted by Crippen LogP contribution is -2.73. The molecular formula is C16H14F15NO3. The summed E-state index contributed by atoms with van der Waals surface area (Å²) in [6, 6.07) is 0. The number of esters is 1. The molecule has 0 unspecified atom stereocenters. The maximum atomic E-state index is 14.6. The zero-order valence-electron chi connectivity index (χ0n) is 17.0. The largest absolute Gasteiger partial charge is 0.463 e. The number of morpholine rings is 1. The number of nitrogens with zero attached hydrogens (tertiary/aromatic N) is 1. The Balaban J connectivity index is 3.72. The van der Waals surface area contributed by atoms with Gasteiger partial charge in [-0.1, -0.05) is 0 Å². The predicted molar refractivity (Wildman–Crippen MR) is 82.8 cm³/mol. The second kappa shape index (κ2) is 9.42. The second-order valence-corrected chi connectivity index (χ2v) is 6.83. The fourth-order valence-corrected chi connectivity index (χ4v) is 2.61. The van der Waals surface area contributed by atoms with Gasteiger partial charge in [-0.25, -0.2) is 4.79 Å². The number of halogens is 15. The predicted octanol–water partition coefficient (Wildman–Crippen LogP) is 5.14. The van der Waals surface area contributed by atoms with E-state index in [2.05, 4.69) is 9.47 Å². The number of alkyl halides is 15. The van der Waals surface area contributed by atoms with Gasteiger partial charge in [0.15, 0.2) is 0 Å². The third-order valence-electron chi connectivity index (χ3n) is 4.54. The van der Waals surface area contributed by atoms with Crippen LogP contribution in [-0.4, -0.2) is 85.5 Å². The van der Waals surface area contributed by atoms with Crippen LogP contribution in [0.2, 0.25) is 0 Å². The lowest BCUT2D eigenvalue weighted by molar-refractivity contribution is -0.450. The van der Waals surface area contributed by atoms with Gasteiger partial charge in [0.05, 0.1) is 25.5 Å². The monoisotopic (exact) mass is 553 g/mol. The Morgan fingerprint density at radius 2 is 1.14 bits per heavy atom. The molecule has 206 valence electrons. The quantitative estimate of drug-likeness (QED) is 0.225. The Bertz CT molecular complexity index is 801. The van der Waals surface area contributed by atoms with Gasteiger partial charge in [-0.15, -0.1) is 0 Å². The maximum absolute atomic E-state index is 14.6. The van der Waals surface area contributed by atoms with Crippen LogP contribution in [-0.2, 0) is 14.3 Å². The van der Waals surface area contributed by atoms with Gasteiger partial charge in [0.25, 0.3) is 0 Å². The minimum absolute atomic E-state index is 0.0189. The topological polar surface area (TPSA) is 38.8 Å². The highest BCUT2D eigenvalue weighted by molar-refractivity contribution is 5.83. The Morgan fingerprint density at radius 1 is 0.743 bits per heavy atom. The molecule has 1 aliphatic heterocycles. The molecule has 0 bridgehead atoms. The molecule has 0 aromatic rings. The van der Waals surface area contributed by atoms with Gasteiger partial charge < -0.3 is 14.4 Å². The van der Waals surface area contributed by atoms with Crippen molar-refractivity contribution in [3.05, 3.63) is 11.8 Å². The summed E-state index contributed by atoms with van der Waals surface area (Å²) in [5, 5.41) is 0. The van der Waals surface area contributed by atoms with Crippen LogP contribution in [0, 0.1) is 0 Å². The van der Waals surface area contributed by atoms with E-state index < -0.39 is 92.4 Å². The van der Waals surface area contributed by atoms with E-state index in [1.54, 1.807) is 0 Å². The molecule has 0 N–H and O–H groups in total. The number of carbonyl (C=O) groups is 1. The molecule has 1 rings (SSSR count). The number of hydrogen-bond acceptors (Lipinski definition) is 4. The maximum Gasteiger partial charge on any atom is 0.460 e. The summed E-state index contributed by atoms with van der Waals surface area (Å²) in [6.45, 7) is -2.46. The van der Waals surface area contributed by atoms with Crippen molar-refractivity contribution in [1.29, 1.82) is 0 Å². The second-order valence-electron chi connectivity index (χ2n) is 6.83. The summed E-state index contributed by atoms with van der Waals surface area (Å²) in [7, 11) is 0. The molecule has 1 fully saturated rings. The molecule has 0 amide bonds. The molecule has 0 spiro atoms. The molecule has 35 heavy (non-hydrogen) atoms. The first-order valence-corrected chi connectivity index (χ1v) is 9.00. The number of ether oxygens (including phenoxy) is 2. The van der Waals surface area contributed by atoms with Crippen molar-refractivity contribution in [3.63, 3.8) is 0 Å². The third kappa shape index (κ3) is 4.83. The van der Waals surface area contributed by atoms with Crippen LogP contribution in [0.15, 0.2) is 11.8 Å². The lowest BCUT2D eigenvalue weighted by Gasteiger charge is -2.43. The van der Waals surface area contributed by atoms with Gasteiger partial charge in [-0.3, -0.25) is 0 Å². The van der Waals surface area contributed by atoms with Gasteiger partial charge in [0.1, 0.15) is 0 Å². The van der Waals surface area contributed by atoms with Crippen LogP contribution >= 0.6 is 0 Å². The van der Waals surface area contributed by atoms with Crippen molar-refractivity contribution in [1.82, 2.24) is 4.90 Å². The van der Waals surface area contributed by atoms with Gasteiger partial charge in [-0.2, -0.15) is 65.9 Å². The first kappa shape index (κ1) is 31.0. The number of rotatable bonds is 9. The zero-order valence-corrected chi connectivity index (χ0v) is 17.0. The van der Waals surface area contributed by atoms with Gasteiger partial charge in [-0.05, 0) is 6.92 Å². The fraction of sp³-hybridized carbons (Fsp3) is 0.812. The average molecular weight is 553 g/mol. The Hall–Kier alpha value is -2.08. The van der Waals surface area contributed by atoms with Crippen LogP contribution in [0.5, 0.6) is 0 Å². The van der Waals surface area contributed by atoms with Crippen molar-refractivity contribution in [2.24, 2.45) is 0 Å². The Morgan fingerprint density at radius 3 is 1.54 bits per heavy atom. The minimum Gasteiger partial charge on any atom is -0.463 e. The molecule has 1 aliphatic rings. The summed E-state index contributed by atoms with van der Waals surface area (Å²) in [6.07, 6.45) is -8.25. The molecule has 0 radical (unpaired) electrons. The molecule has 19 heteroatoms. The van der Waals surface area contributed by atoms with Crippen molar-refractivity contribution in [3.8, 4) is 0 Å². The first-order valence-electron chi connectivity index (χ1n) is 9.00. The molecule has 0 saturated carbocycles. The number of carbonyl (C=O) groups excluding carboxylic acids is 1. The van der Waals surface area contributed by atoms with Crippen molar-refractivity contribution in [2.45, 2.75) is 48.6 Å². The molecule has 4 nitrogen and oxygen atoms in total. The van der Waals surface area contributed by atoms with E-state index in [-0.39, 0.29) is 4.90 Å². The van der Waals surface area contributed by atoms with Crippen molar-refractivity contribution in [2.75, 3.05) is 32.9 Å². The summed E-state index contributed by atoms with van der Waals surface area (Å²) < 4.78 is 211. The highest BCUT2D eigenvalue weighted by Crippen LogP contribution is 2.63. The molecule has 0 atom stereocenters. The highest BCUT2D eigenvalue weighted by Gasteiger charge is 2.93. The van der Waals surface area contributed by atoms with E-state index in [0.29, 0.717) is 0 Å².